The van der Waals surface area contributed by atoms with E-state index in [-0.39, 0.29) is 17.9 Å². The minimum Gasteiger partial charge on any atom is -0.382 e. The maximum atomic E-state index is 13.8. The molecule has 2 heterocycles. The Hall–Kier alpha value is -2.77. The summed E-state index contributed by atoms with van der Waals surface area (Å²) in [7, 11) is 0. The number of nitrogen functional groups attached to an aromatic ring is 1. The molecule has 0 aliphatic rings. The first kappa shape index (κ1) is 14.2. The number of nitrogens with two attached hydrogens (primary N) is 1. The highest BCUT2D eigenvalue weighted by Gasteiger charge is 2.14. The molecule has 0 spiro atoms. The number of hydrogen-bond acceptors (Lipinski definition) is 5. The SMILES string of the molecule is CCNc1nc(N)c2ncn(Cc3c(F)cccc3F)c2n1. The lowest BCUT2D eigenvalue weighted by molar-refractivity contribution is 0.546. The van der Waals surface area contributed by atoms with Crippen molar-refractivity contribution in [1.82, 2.24) is 19.5 Å². The van der Waals surface area contributed by atoms with E-state index in [9.17, 15) is 8.78 Å². The zero-order valence-electron chi connectivity index (χ0n) is 11.8. The minimum atomic E-state index is -0.615. The molecule has 0 bridgehead atoms. The van der Waals surface area contributed by atoms with Crippen LogP contribution in [-0.4, -0.2) is 26.1 Å². The summed E-state index contributed by atoms with van der Waals surface area (Å²) in [5, 5.41) is 2.95. The lowest BCUT2D eigenvalue weighted by Crippen LogP contribution is -2.08. The Balaban J connectivity index is 2.08. The third-order valence-corrected chi connectivity index (χ3v) is 3.22. The van der Waals surface area contributed by atoms with E-state index in [1.54, 1.807) is 0 Å². The van der Waals surface area contributed by atoms with Gasteiger partial charge in [0.2, 0.25) is 5.95 Å². The second kappa shape index (κ2) is 5.55. The summed E-state index contributed by atoms with van der Waals surface area (Å²) in [6.07, 6.45) is 1.44. The van der Waals surface area contributed by atoms with Crippen molar-refractivity contribution in [3.63, 3.8) is 0 Å². The number of benzene rings is 1. The van der Waals surface area contributed by atoms with Crippen LogP contribution in [0.5, 0.6) is 0 Å². The average Bonchev–Trinajstić information content (AvgIpc) is 2.87. The molecule has 0 saturated carbocycles. The molecule has 1 aromatic carbocycles. The molecule has 8 heteroatoms. The van der Waals surface area contributed by atoms with Crippen LogP contribution < -0.4 is 11.1 Å². The van der Waals surface area contributed by atoms with E-state index in [0.717, 1.165) is 0 Å². The average molecular weight is 304 g/mol. The van der Waals surface area contributed by atoms with Gasteiger partial charge >= 0.3 is 0 Å². The molecular formula is C14H14F2N6. The summed E-state index contributed by atoms with van der Waals surface area (Å²) >= 11 is 0. The monoisotopic (exact) mass is 304 g/mol. The maximum Gasteiger partial charge on any atom is 0.226 e. The third kappa shape index (κ3) is 2.43. The first-order valence-corrected chi connectivity index (χ1v) is 6.75. The molecule has 0 aliphatic carbocycles. The highest BCUT2D eigenvalue weighted by atomic mass is 19.1. The van der Waals surface area contributed by atoms with Gasteiger partial charge in [-0.05, 0) is 19.1 Å². The van der Waals surface area contributed by atoms with Gasteiger partial charge in [-0.3, -0.25) is 0 Å². The maximum absolute atomic E-state index is 13.8. The molecule has 0 fully saturated rings. The highest BCUT2D eigenvalue weighted by Crippen LogP contribution is 2.21. The molecule has 0 atom stereocenters. The van der Waals surface area contributed by atoms with Gasteiger partial charge in [0, 0.05) is 12.1 Å². The second-order valence-electron chi connectivity index (χ2n) is 4.71. The van der Waals surface area contributed by atoms with Crippen LogP contribution in [0.4, 0.5) is 20.5 Å². The first-order chi connectivity index (χ1) is 10.6. The van der Waals surface area contributed by atoms with Crippen molar-refractivity contribution in [3.8, 4) is 0 Å². The molecule has 0 unspecified atom stereocenters. The number of imidazole rings is 1. The summed E-state index contributed by atoms with van der Waals surface area (Å²) in [6.45, 7) is 2.49. The van der Waals surface area contributed by atoms with Crippen LogP contribution in [0, 0.1) is 11.6 Å². The molecule has 0 amide bonds. The van der Waals surface area contributed by atoms with Crippen molar-refractivity contribution in [2.75, 3.05) is 17.6 Å². The van der Waals surface area contributed by atoms with Gasteiger partial charge in [-0.25, -0.2) is 13.8 Å². The van der Waals surface area contributed by atoms with Crippen molar-refractivity contribution in [3.05, 3.63) is 41.7 Å². The smallest absolute Gasteiger partial charge is 0.226 e. The van der Waals surface area contributed by atoms with Crippen LogP contribution in [0.25, 0.3) is 11.2 Å². The Labute approximate surface area is 125 Å². The van der Waals surface area contributed by atoms with E-state index in [0.29, 0.717) is 23.7 Å². The molecule has 6 nitrogen and oxygen atoms in total. The van der Waals surface area contributed by atoms with Gasteiger partial charge in [0.05, 0.1) is 12.9 Å². The zero-order valence-corrected chi connectivity index (χ0v) is 11.8. The van der Waals surface area contributed by atoms with Gasteiger partial charge in [0.25, 0.3) is 0 Å². The molecule has 3 N–H and O–H groups in total. The van der Waals surface area contributed by atoms with Crippen LogP contribution in [-0.2, 0) is 6.54 Å². The predicted octanol–water partition coefficient (Wildman–Crippen LogP) is 2.17. The quantitative estimate of drug-likeness (QED) is 0.772. The normalized spacial score (nSPS) is 11.0. The molecule has 22 heavy (non-hydrogen) atoms. The first-order valence-electron chi connectivity index (χ1n) is 6.75. The fourth-order valence-corrected chi connectivity index (χ4v) is 2.17. The van der Waals surface area contributed by atoms with Crippen molar-refractivity contribution in [1.29, 1.82) is 0 Å². The zero-order chi connectivity index (χ0) is 15.7. The van der Waals surface area contributed by atoms with Gasteiger partial charge in [0.15, 0.2) is 11.5 Å². The molecular weight excluding hydrogens is 290 g/mol. The largest absolute Gasteiger partial charge is 0.382 e. The number of halogens is 2. The lowest BCUT2D eigenvalue weighted by Gasteiger charge is -2.08. The van der Waals surface area contributed by atoms with Gasteiger partial charge in [-0.1, -0.05) is 6.07 Å². The number of nitrogens with zero attached hydrogens (tertiary/aromatic N) is 4. The number of fused-ring (bicyclic) bond motifs is 1. The van der Waals surface area contributed by atoms with E-state index < -0.39 is 11.6 Å². The van der Waals surface area contributed by atoms with Crippen LogP contribution in [0.15, 0.2) is 24.5 Å². The Morgan fingerprint density at radius 2 is 1.95 bits per heavy atom. The van der Waals surface area contributed by atoms with Gasteiger partial charge in [-0.2, -0.15) is 9.97 Å². The number of aromatic nitrogens is 4. The number of hydrogen-bond donors (Lipinski definition) is 2. The van der Waals surface area contributed by atoms with Crippen LogP contribution in [0.1, 0.15) is 12.5 Å². The van der Waals surface area contributed by atoms with E-state index >= 15 is 0 Å². The minimum absolute atomic E-state index is 0.0307. The van der Waals surface area contributed by atoms with E-state index in [1.165, 1.54) is 29.1 Å². The topological polar surface area (TPSA) is 81.6 Å². The highest BCUT2D eigenvalue weighted by molar-refractivity contribution is 5.82. The molecule has 2 aromatic heterocycles. The summed E-state index contributed by atoms with van der Waals surface area (Å²) in [6, 6.07) is 3.75. The standard InChI is InChI=1S/C14H14F2N6/c1-2-18-14-20-12(17)11-13(21-14)22(7-19-11)6-8-9(15)4-3-5-10(8)16/h3-5,7H,2,6H2,1H3,(H3,17,18,20,21). The Kier molecular flexibility index (Phi) is 3.58. The molecule has 0 radical (unpaired) electrons. The molecule has 3 aromatic rings. The summed E-state index contributed by atoms with van der Waals surface area (Å²) in [5.41, 5.74) is 6.61. The summed E-state index contributed by atoms with van der Waals surface area (Å²) in [4.78, 5) is 12.5. The number of nitrogens with one attached hydrogen (secondary N) is 1. The van der Waals surface area contributed by atoms with Crippen molar-refractivity contribution in [2.24, 2.45) is 0 Å². The fourth-order valence-electron chi connectivity index (χ4n) is 2.17. The van der Waals surface area contributed by atoms with Gasteiger partial charge in [-0.15, -0.1) is 0 Å². The van der Waals surface area contributed by atoms with E-state index in [4.69, 9.17) is 5.73 Å². The summed E-state index contributed by atoms with van der Waals surface area (Å²) < 4.78 is 29.1. The van der Waals surface area contributed by atoms with Gasteiger partial charge in [0.1, 0.15) is 17.2 Å². The second-order valence-corrected chi connectivity index (χ2v) is 4.71. The lowest BCUT2D eigenvalue weighted by atomic mass is 10.2. The van der Waals surface area contributed by atoms with Crippen molar-refractivity contribution in [2.45, 2.75) is 13.5 Å². The molecule has 3 rings (SSSR count). The Morgan fingerprint density at radius 1 is 1.23 bits per heavy atom. The van der Waals surface area contributed by atoms with E-state index in [1.807, 2.05) is 6.92 Å². The van der Waals surface area contributed by atoms with Crippen molar-refractivity contribution < 1.29 is 8.78 Å². The van der Waals surface area contributed by atoms with Gasteiger partial charge < -0.3 is 15.6 Å². The molecule has 0 saturated heterocycles. The van der Waals surface area contributed by atoms with Crippen LogP contribution >= 0.6 is 0 Å². The number of rotatable bonds is 4. The van der Waals surface area contributed by atoms with E-state index in [2.05, 4.69) is 20.3 Å². The molecule has 0 aliphatic heterocycles. The third-order valence-electron chi connectivity index (χ3n) is 3.22. The predicted molar refractivity (Wildman–Crippen MR) is 79.4 cm³/mol. The molecule has 114 valence electrons. The van der Waals surface area contributed by atoms with Crippen molar-refractivity contribution >= 4 is 22.9 Å². The Morgan fingerprint density at radius 3 is 2.64 bits per heavy atom. The Bertz CT molecular complexity index is 809. The van der Waals surface area contributed by atoms with Crippen LogP contribution in [0.3, 0.4) is 0 Å². The van der Waals surface area contributed by atoms with Crippen LogP contribution in [0.2, 0.25) is 0 Å². The fraction of sp³-hybridized carbons (Fsp3) is 0.214. The summed E-state index contributed by atoms with van der Waals surface area (Å²) in [5.74, 6) is -0.663. The number of anilines is 2.